The van der Waals surface area contributed by atoms with Crippen molar-refractivity contribution in [3.63, 3.8) is 0 Å². The van der Waals surface area contributed by atoms with E-state index in [-0.39, 0.29) is 0 Å². The summed E-state index contributed by atoms with van der Waals surface area (Å²) >= 11 is 0. The zero-order valence-electron chi connectivity index (χ0n) is 10.9. The molecule has 0 bridgehead atoms. The number of hydrogen-bond acceptors (Lipinski definition) is 3. The summed E-state index contributed by atoms with van der Waals surface area (Å²) in [6, 6.07) is 4.33. The molecular weight excluding hydrogens is 210 g/mol. The minimum absolute atomic E-state index is 0.893. The predicted octanol–water partition coefficient (Wildman–Crippen LogP) is 2.43. The lowest BCUT2D eigenvalue weighted by molar-refractivity contribution is 0.698. The van der Waals surface area contributed by atoms with Crippen molar-refractivity contribution in [2.45, 2.75) is 32.7 Å². The van der Waals surface area contributed by atoms with Gasteiger partial charge in [0.25, 0.3) is 0 Å². The highest BCUT2D eigenvalue weighted by Gasteiger charge is 2.24. The lowest BCUT2D eigenvalue weighted by atomic mass is 10.2. The Bertz CT molecular complexity index is 330. The zero-order valence-corrected chi connectivity index (χ0v) is 10.9. The van der Waals surface area contributed by atoms with Crippen LogP contribution in [0.4, 0.5) is 5.82 Å². The number of aromatic nitrogens is 1. The summed E-state index contributed by atoms with van der Waals surface area (Å²) in [5, 5.41) is 3.15. The number of hydrogen-bond donors (Lipinski definition) is 1. The molecule has 1 aromatic heterocycles. The van der Waals surface area contributed by atoms with Gasteiger partial charge >= 0.3 is 0 Å². The van der Waals surface area contributed by atoms with E-state index < -0.39 is 0 Å². The summed E-state index contributed by atoms with van der Waals surface area (Å²) in [5.74, 6) is 2.05. The smallest absolute Gasteiger partial charge is 0.128 e. The normalized spacial score (nSPS) is 14.9. The van der Waals surface area contributed by atoms with Crippen molar-refractivity contribution < 1.29 is 0 Å². The standard InChI is InChI=1S/C14H23N3/c1-3-8-17(11-12-4-5-12)14-7-6-13(9-15-2)10-16-14/h6-7,10,12,15H,3-5,8-9,11H2,1-2H3. The van der Waals surface area contributed by atoms with Gasteiger partial charge in [-0.25, -0.2) is 4.98 Å². The molecule has 0 unspecified atom stereocenters. The van der Waals surface area contributed by atoms with Gasteiger partial charge in [-0.2, -0.15) is 0 Å². The molecule has 1 saturated carbocycles. The second-order valence-corrected chi connectivity index (χ2v) is 4.94. The van der Waals surface area contributed by atoms with E-state index in [1.807, 2.05) is 13.2 Å². The molecule has 0 radical (unpaired) electrons. The molecule has 1 aliphatic carbocycles. The minimum atomic E-state index is 0.893. The van der Waals surface area contributed by atoms with Crippen LogP contribution < -0.4 is 10.2 Å². The molecule has 0 spiro atoms. The van der Waals surface area contributed by atoms with Crippen molar-refractivity contribution in [3.8, 4) is 0 Å². The summed E-state index contributed by atoms with van der Waals surface area (Å²) in [4.78, 5) is 7.01. The molecule has 2 rings (SSSR count). The molecule has 0 amide bonds. The van der Waals surface area contributed by atoms with Crippen LogP contribution in [0.3, 0.4) is 0 Å². The number of anilines is 1. The molecule has 1 N–H and O–H groups in total. The van der Waals surface area contributed by atoms with Crippen molar-refractivity contribution in [1.29, 1.82) is 0 Å². The van der Waals surface area contributed by atoms with Gasteiger partial charge in [-0.15, -0.1) is 0 Å². The van der Waals surface area contributed by atoms with Gasteiger partial charge in [0.15, 0.2) is 0 Å². The van der Waals surface area contributed by atoms with Crippen molar-refractivity contribution >= 4 is 5.82 Å². The Labute approximate surface area is 104 Å². The summed E-state index contributed by atoms with van der Waals surface area (Å²) in [6.45, 7) is 5.43. The van der Waals surface area contributed by atoms with Crippen molar-refractivity contribution in [2.75, 3.05) is 25.0 Å². The number of nitrogens with one attached hydrogen (secondary N) is 1. The van der Waals surface area contributed by atoms with Crippen molar-refractivity contribution in [2.24, 2.45) is 5.92 Å². The van der Waals surface area contributed by atoms with E-state index in [1.54, 1.807) is 0 Å². The quantitative estimate of drug-likeness (QED) is 0.784. The fourth-order valence-electron chi connectivity index (χ4n) is 2.09. The summed E-state index contributed by atoms with van der Waals surface area (Å²) in [5.41, 5.74) is 1.25. The lowest BCUT2D eigenvalue weighted by Gasteiger charge is -2.23. The Kier molecular flexibility index (Phi) is 4.37. The molecule has 1 aromatic rings. The number of rotatable bonds is 7. The third-order valence-corrected chi connectivity index (χ3v) is 3.18. The van der Waals surface area contributed by atoms with Crippen LogP contribution >= 0.6 is 0 Å². The van der Waals surface area contributed by atoms with Crippen LogP contribution in [0.25, 0.3) is 0 Å². The fraction of sp³-hybridized carbons (Fsp3) is 0.643. The van der Waals surface area contributed by atoms with E-state index in [0.29, 0.717) is 0 Å². The summed E-state index contributed by atoms with van der Waals surface area (Å²) < 4.78 is 0. The third-order valence-electron chi connectivity index (χ3n) is 3.18. The Balaban J connectivity index is 2.00. The molecule has 1 heterocycles. The third kappa shape index (κ3) is 3.70. The monoisotopic (exact) mass is 233 g/mol. The van der Waals surface area contributed by atoms with Crippen LogP contribution in [-0.2, 0) is 6.54 Å². The van der Waals surface area contributed by atoms with Gasteiger partial charge in [0, 0.05) is 25.8 Å². The average molecular weight is 233 g/mol. The molecule has 1 aliphatic rings. The van der Waals surface area contributed by atoms with Crippen LogP contribution in [0.5, 0.6) is 0 Å². The molecule has 1 fully saturated rings. The molecule has 0 aliphatic heterocycles. The van der Waals surface area contributed by atoms with Gasteiger partial charge in [0.05, 0.1) is 0 Å². The summed E-state index contributed by atoms with van der Waals surface area (Å²) in [6.07, 6.45) is 5.98. The van der Waals surface area contributed by atoms with Gasteiger partial charge in [-0.1, -0.05) is 13.0 Å². The molecular formula is C14H23N3. The van der Waals surface area contributed by atoms with Gasteiger partial charge in [-0.3, -0.25) is 0 Å². The Morgan fingerprint density at radius 3 is 2.76 bits per heavy atom. The first-order valence-electron chi connectivity index (χ1n) is 6.68. The van der Waals surface area contributed by atoms with E-state index in [1.165, 1.54) is 31.4 Å². The van der Waals surface area contributed by atoms with E-state index in [9.17, 15) is 0 Å². The van der Waals surface area contributed by atoms with Crippen LogP contribution in [-0.4, -0.2) is 25.1 Å². The molecule has 0 saturated heterocycles. The number of pyridine rings is 1. The predicted molar refractivity (Wildman–Crippen MR) is 72.2 cm³/mol. The highest BCUT2D eigenvalue weighted by atomic mass is 15.2. The second kappa shape index (κ2) is 6.01. The Morgan fingerprint density at radius 2 is 2.24 bits per heavy atom. The lowest BCUT2D eigenvalue weighted by Crippen LogP contribution is -2.27. The molecule has 3 heteroatoms. The van der Waals surface area contributed by atoms with Crippen LogP contribution in [0, 0.1) is 5.92 Å². The SMILES string of the molecule is CCCN(CC1CC1)c1ccc(CNC)cn1. The van der Waals surface area contributed by atoms with Gasteiger partial charge in [0.2, 0.25) is 0 Å². The molecule has 0 atom stereocenters. The Hall–Kier alpha value is -1.09. The minimum Gasteiger partial charge on any atom is -0.356 e. The zero-order chi connectivity index (χ0) is 12.1. The fourth-order valence-corrected chi connectivity index (χ4v) is 2.09. The topological polar surface area (TPSA) is 28.2 Å². The Morgan fingerprint density at radius 1 is 1.41 bits per heavy atom. The van der Waals surface area contributed by atoms with Gasteiger partial charge in [0.1, 0.15) is 5.82 Å². The van der Waals surface area contributed by atoms with Gasteiger partial charge < -0.3 is 10.2 Å². The van der Waals surface area contributed by atoms with Crippen molar-refractivity contribution in [1.82, 2.24) is 10.3 Å². The summed E-state index contributed by atoms with van der Waals surface area (Å²) in [7, 11) is 1.96. The maximum absolute atomic E-state index is 4.58. The van der Waals surface area contributed by atoms with Crippen LogP contribution in [0.15, 0.2) is 18.3 Å². The maximum Gasteiger partial charge on any atom is 0.128 e. The van der Waals surface area contributed by atoms with Gasteiger partial charge in [-0.05, 0) is 43.9 Å². The van der Waals surface area contributed by atoms with E-state index in [2.05, 4.69) is 34.3 Å². The van der Waals surface area contributed by atoms with E-state index in [4.69, 9.17) is 0 Å². The van der Waals surface area contributed by atoms with Crippen molar-refractivity contribution in [3.05, 3.63) is 23.9 Å². The highest BCUT2D eigenvalue weighted by molar-refractivity contribution is 5.39. The van der Waals surface area contributed by atoms with E-state index >= 15 is 0 Å². The van der Waals surface area contributed by atoms with E-state index in [0.717, 1.165) is 24.8 Å². The first-order chi connectivity index (χ1) is 8.33. The molecule has 3 nitrogen and oxygen atoms in total. The molecule has 0 aromatic carbocycles. The average Bonchev–Trinajstić information content (AvgIpc) is 3.14. The largest absolute Gasteiger partial charge is 0.356 e. The second-order valence-electron chi connectivity index (χ2n) is 4.94. The maximum atomic E-state index is 4.58. The first kappa shape index (κ1) is 12.4. The van der Waals surface area contributed by atoms with Crippen LogP contribution in [0.2, 0.25) is 0 Å². The van der Waals surface area contributed by atoms with Crippen LogP contribution in [0.1, 0.15) is 31.7 Å². The number of nitrogens with zero attached hydrogens (tertiary/aromatic N) is 2. The molecule has 17 heavy (non-hydrogen) atoms. The highest BCUT2D eigenvalue weighted by Crippen LogP contribution is 2.31. The first-order valence-corrected chi connectivity index (χ1v) is 6.68. The molecule has 94 valence electrons.